The Morgan fingerprint density at radius 3 is 2.65 bits per heavy atom. The molecule has 0 saturated carbocycles. The second-order valence-electron chi connectivity index (χ2n) is 6.51. The van der Waals surface area contributed by atoms with Crippen molar-refractivity contribution in [1.82, 2.24) is 10.2 Å². The van der Waals surface area contributed by atoms with Gasteiger partial charge in [-0.15, -0.1) is 0 Å². The van der Waals surface area contributed by atoms with Crippen LogP contribution in [0.15, 0.2) is 18.2 Å². The van der Waals surface area contributed by atoms with Gasteiger partial charge in [-0.3, -0.25) is 0 Å². The summed E-state index contributed by atoms with van der Waals surface area (Å²) in [4.78, 5) is 2.55. The summed E-state index contributed by atoms with van der Waals surface area (Å²) >= 11 is 0. The van der Waals surface area contributed by atoms with Crippen LogP contribution in [-0.4, -0.2) is 30.1 Å². The number of hydrogen-bond donors (Lipinski definition) is 1. The Labute approximate surface area is 121 Å². The monoisotopic (exact) mass is 276 g/mol. The predicted molar refractivity (Wildman–Crippen MR) is 80.3 cm³/mol. The lowest BCUT2D eigenvalue weighted by atomic mass is 10.0. The van der Waals surface area contributed by atoms with E-state index in [1.54, 1.807) is 12.1 Å². The number of aryl methyl sites for hydroxylation is 1. The molecule has 1 aliphatic heterocycles. The molecule has 1 aromatic rings. The van der Waals surface area contributed by atoms with Crippen molar-refractivity contribution in [2.75, 3.05) is 13.1 Å². The summed E-state index contributed by atoms with van der Waals surface area (Å²) in [5.41, 5.74) is 2.51. The minimum Gasteiger partial charge on any atom is -0.307 e. The maximum Gasteiger partial charge on any atom is 0.123 e. The highest BCUT2D eigenvalue weighted by atomic mass is 19.1. The van der Waals surface area contributed by atoms with E-state index in [4.69, 9.17) is 0 Å². The molecule has 1 unspecified atom stereocenters. The van der Waals surface area contributed by atoms with Crippen molar-refractivity contribution < 1.29 is 4.39 Å². The van der Waals surface area contributed by atoms with Crippen LogP contribution in [-0.2, 0) is 6.42 Å². The van der Waals surface area contributed by atoms with Gasteiger partial charge in [0.15, 0.2) is 0 Å². The van der Waals surface area contributed by atoms with Crippen molar-refractivity contribution in [2.24, 2.45) is 0 Å². The van der Waals surface area contributed by atoms with Gasteiger partial charge >= 0.3 is 0 Å². The van der Waals surface area contributed by atoms with Gasteiger partial charge < -0.3 is 10.2 Å². The van der Waals surface area contributed by atoms with E-state index in [2.05, 4.69) is 24.1 Å². The Hall–Kier alpha value is -0.930. The van der Waals surface area contributed by atoms with Crippen LogP contribution < -0.4 is 5.32 Å². The minimum absolute atomic E-state index is 0.102. The average Bonchev–Trinajstić information content (AvgIpc) is 2.81. The molecule has 110 valence electrons. The Balaban J connectivity index is 1.59. The van der Waals surface area contributed by atoms with Crippen LogP contribution in [0.4, 0.5) is 4.39 Å². The zero-order chi connectivity index (χ0) is 14.1. The van der Waals surface area contributed by atoms with Crippen LogP contribution in [0.3, 0.4) is 0 Å². The number of piperidine rings is 1. The summed E-state index contributed by atoms with van der Waals surface area (Å²) in [5, 5.41) is 3.80. The van der Waals surface area contributed by atoms with E-state index in [-0.39, 0.29) is 5.82 Å². The number of nitrogens with zero attached hydrogens (tertiary/aromatic N) is 1. The predicted octanol–water partition coefficient (Wildman–Crippen LogP) is 3.28. The first-order chi connectivity index (χ1) is 9.63. The van der Waals surface area contributed by atoms with Gasteiger partial charge in [-0.2, -0.15) is 0 Å². The first kappa shape index (κ1) is 14.0. The Morgan fingerprint density at radius 2 is 1.95 bits per heavy atom. The molecule has 0 bridgehead atoms. The highest BCUT2D eigenvalue weighted by Gasteiger charge is 2.27. The topological polar surface area (TPSA) is 15.3 Å². The molecule has 1 aliphatic carbocycles. The van der Waals surface area contributed by atoms with E-state index in [1.807, 2.05) is 6.07 Å². The molecule has 0 radical (unpaired) electrons. The van der Waals surface area contributed by atoms with Gasteiger partial charge in [-0.1, -0.05) is 6.07 Å². The quantitative estimate of drug-likeness (QED) is 0.911. The molecule has 0 amide bonds. The average molecular weight is 276 g/mol. The highest BCUT2D eigenvalue weighted by molar-refractivity contribution is 5.35. The first-order valence-electron chi connectivity index (χ1n) is 7.92. The number of fused-ring (bicyclic) bond motifs is 1. The molecule has 1 fully saturated rings. The van der Waals surface area contributed by atoms with Crippen LogP contribution in [0.25, 0.3) is 0 Å². The largest absolute Gasteiger partial charge is 0.307 e. The van der Waals surface area contributed by atoms with Gasteiger partial charge in [-0.05, 0) is 75.9 Å². The lowest BCUT2D eigenvalue weighted by molar-refractivity contribution is 0.156. The number of nitrogens with one attached hydrogen (secondary N) is 1. The molecule has 3 heteroatoms. The van der Waals surface area contributed by atoms with E-state index in [0.717, 1.165) is 12.8 Å². The number of halogens is 1. The maximum atomic E-state index is 13.2. The van der Waals surface area contributed by atoms with Gasteiger partial charge in [0.1, 0.15) is 5.82 Å². The maximum absolute atomic E-state index is 13.2. The Morgan fingerprint density at radius 1 is 1.20 bits per heavy atom. The van der Waals surface area contributed by atoms with Crippen molar-refractivity contribution in [2.45, 2.75) is 57.7 Å². The summed E-state index contributed by atoms with van der Waals surface area (Å²) in [6.45, 7) is 6.93. The number of likely N-dealkylation sites (tertiary alicyclic amines) is 1. The van der Waals surface area contributed by atoms with Crippen molar-refractivity contribution in [3.8, 4) is 0 Å². The molecule has 20 heavy (non-hydrogen) atoms. The molecule has 2 aliphatic rings. The van der Waals surface area contributed by atoms with Crippen LogP contribution in [0.5, 0.6) is 0 Å². The molecular formula is C17H25FN2. The fraction of sp³-hybridized carbons (Fsp3) is 0.647. The second kappa shape index (κ2) is 5.82. The summed E-state index contributed by atoms with van der Waals surface area (Å²) in [5.74, 6) is -0.102. The standard InChI is InChI=1S/C17H25FN2/c1-12(2)20-9-7-15(8-10-20)19-17-6-3-13-11-14(18)4-5-16(13)17/h4-5,11-12,15,17,19H,3,6-10H2,1-2H3. The number of benzene rings is 1. The molecule has 0 spiro atoms. The van der Waals surface area contributed by atoms with Crippen LogP contribution >= 0.6 is 0 Å². The van der Waals surface area contributed by atoms with E-state index >= 15 is 0 Å². The van der Waals surface area contributed by atoms with Gasteiger partial charge in [-0.25, -0.2) is 4.39 Å². The molecule has 3 rings (SSSR count). The smallest absolute Gasteiger partial charge is 0.123 e. The fourth-order valence-corrected chi connectivity index (χ4v) is 3.63. The number of rotatable bonds is 3. The second-order valence-corrected chi connectivity index (χ2v) is 6.51. The van der Waals surface area contributed by atoms with Crippen LogP contribution in [0.1, 0.15) is 50.3 Å². The third-order valence-electron chi connectivity index (χ3n) is 4.88. The minimum atomic E-state index is -0.102. The molecule has 0 aromatic heterocycles. The Kier molecular flexibility index (Phi) is 4.08. The van der Waals surface area contributed by atoms with E-state index in [1.165, 1.54) is 37.1 Å². The van der Waals surface area contributed by atoms with Crippen molar-refractivity contribution >= 4 is 0 Å². The van der Waals surface area contributed by atoms with Gasteiger partial charge in [0, 0.05) is 18.1 Å². The molecule has 1 saturated heterocycles. The lowest BCUT2D eigenvalue weighted by Gasteiger charge is -2.36. The normalized spacial score (nSPS) is 24.3. The zero-order valence-electron chi connectivity index (χ0n) is 12.5. The lowest BCUT2D eigenvalue weighted by Crippen LogP contribution is -2.45. The third-order valence-corrected chi connectivity index (χ3v) is 4.88. The van der Waals surface area contributed by atoms with E-state index < -0.39 is 0 Å². The zero-order valence-corrected chi connectivity index (χ0v) is 12.5. The number of hydrogen-bond acceptors (Lipinski definition) is 2. The molecule has 1 N–H and O–H groups in total. The third kappa shape index (κ3) is 2.89. The van der Waals surface area contributed by atoms with Gasteiger partial charge in [0.2, 0.25) is 0 Å². The summed E-state index contributed by atoms with van der Waals surface area (Å²) < 4.78 is 13.2. The first-order valence-corrected chi connectivity index (χ1v) is 7.92. The highest BCUT2D eigenvalue weighted by Crippen LogP contribution is 2.32. The van der Waals surface area contributed by atoms with E-state index in [9.17, 15) is 4.39 Å². The van der Waals surface area contributed by atoms with Gasteiger partial charge in [0.05, 0.1) is 0 Å². The summed E-state index contributed by atoms with van der Waals surface area (Å²) in [7, 11) is 0. The summed E-state index contributed by atoms with van der Waals surface area (Å²) in [6, 6.07) is 6.98. The fourth-order valence-electron chi connectivity index (χ4n) is 3.63. The van der Waals surface area contributed by atoms with E-state index in [0.29, 0.717) is 18.1 Å². The van der Waals surface area contributed by atoms with Crippen molar-refractivity contribution in [1.29, 1.82) is 0 Å². The molecule has 1 atom stereocenters. The Bertz CT molecular complexity index is 464. The molecule has 1 aromatic carbocycles. The van der Waals surface area contributed by atoms with Crippen molar-refractivity contribution in [3.63, 3.8) is 0 Å². The summed E-state index contributed by atoms with van der Waals surface area (Å²) in [6.07, 6.45) is 4.58. The van der Waals surface area contributed by atoms with Crippen LogP contribution in [0.2, 0.25) is 0 Å². The van der Waals surface area contributed by atoms with Crippen molar-refractivity contribution in [3.05, 3.63) is 35.1 Å². The van der Waals surface area contributed by atoms with Gasteiger partial charge in [0.25, 0.3) is 0 Å². The molecule has 2 nitrogen and oxygen atoms in total. The molecule has 1 heterocycles. The van der Waals surface area contributed by atoms with Crippen LogP contribution in [0, 0.1) is 5.82 Å². The SMILES string of the molecule is CC(C)N1CCC(NC2CCc3cc(F)ccc32)CC1. The molecular weight excluding hydrogens is 251 g/mol.